The number of fused-ring (bicyclic) bond motifs is 1. The van der Waals surface area contributed by atoms with Gasteiger partial charge in [-0.05, 0) is 60.7 Å². The zero-order chi connectivity index (χ0) is 19.5. The number of nitrogens with one attached hydrogen (secondary N) is 1. The monoisotopic (exact) mass is 435 g/mol. The van der Waals surface area contributed by atoms with Crippen molar-refractivity contribution >= 4 is 44.5 Å². The van der Waals surface area contributed by atoms with Gasteiger partial charge in [0.2, 0.25) is 5.76 Å². The molecule has 0 saturated carbocycles. The molecule has 0 aliphatic rings. The van der Waals surface area contributed by atoms with Crippen molar-refractivity contribution in [1.29, 1.82) is 0 Å². The van der Waals surface area contributed by atoms with Crippen LogP contribution >= 0.6 is 15.9 Å². The molecule has 0 saturated heterocycles. The number of amides is 1. The fourth-order valence-corrected chi connectivity index (χ4v) is 3.05. The molecule has 0 unspecified atom stereocenters. The van der Waals surface area contributed by atoms with Crippen LogP contribution in [0.25, 0.3) is 11.0 Å². The lowest BCUT2D eigenvalue weighted by molar-refractivity contribution is 0.0704. The number of halogens is 1. The predicted molar refractivity (Wildman–Crippen MR) is 110 cm³/mol. The van der Waals surface area contributed by atoms with E-state index in [0.29, 0.717) is 22.6 Å². The van der Waals surface area contributed by atoms with Gasteiger partial charge in [-0.25, -0.2) is 4.79 Å². The van der Waals surface area contributed by atoms with Gasteiger partial charge in [-0.15, -0.1) is 0 Å². The summed E-state index contributed by atoms with van der Waals surface area (Å²) in [5.74, 6) is -0.414. The molecule has 1 heterocycles. The van der Waals surface area contributed by atoms with Gasteiger partial charge in [-0.3, -0.25) is 4.79 Å². The number of hydrogen-bond acceptors (Lipinski definition) is 4. The summed E-state index contributed by atoms with van der Waals surface area (Å²) in [5.41, 5.74) is 1.76. The summed E-state index contributed by atoms with van der Waals surface area (Å²) in [6.07, 6.45) is 0. The Morgan fingerprint density at radius 1 is 0.893 bits per heavy atom. The van der Waals surface area contributed by atoms with Crippen LogP contribution in [0.4, 0.5) is 5.69 Å². The van der Waals surface area contributed by atoms with Crippen LogP contribution in [-0.2, 0) is 0 Å². The number of carbonyl (C=O) groups is 2. The number of rotatable bonds is 4. The maximum atomic E-state index is 12.3. The third kappa shape index (κ3) is 3.97. The molecule has 0 fully saturated rings. The summed E-state index contributed by atoms with van der Waals surface area (Å²) in [7, 11) is 0. The van der Waals surface area contributed by atoms with E-state index in [1.54, 1.807) is 48.5 Å². The summed E-state index contributed by atoms with van der Waals surface area (Å²) in [6.45, 7) is 0. The molecule has 4 rings (SSSR count). The second-order valence-electron chi connectivity index (χ2n) is 6.03. The Kier molecular flexibility index (Phi) is 4.95. The first kappa shape index (κ1) is 18.0. The molecule has 1 amide bonds. The Labute approximate surface area is 169 Å². The lowest BCUT2D eigenvalue weighted by Crippen LogP contribution is -2.12. The minimum atomic E-state index is -0.603. The molecule has 0 atom stereocenters. The van der Waals surface area contributed by atoms with E-state index in [1.807, 2.05) is 30.3 Å². The Morgan fingerprint density at radius 3 is 2.39 bits per heavy atom. The Hall–Kier alpha value is -3.38. The lowest BCUT2D eigenvalue weighted by atomic mass is 10.2. The van der Waals surface area contributed by atoms with Crippen LogP contribution in [0.3, 0.4) is 0 Å². The summed E-state index contributed by atoms with van der Waals surface area (Å²) in [4.78, 5) is 24.6. The summed E-state index contributed by atoms with van der Waals surface area (Å²) in [6, 6.07) is 22.6. The third-order valence-electron chi connectivity index (χ3n) is 4.04. The molecule has 6 heteroatoms. The van der Waals surface area contributed by atoms with Gasteiger partial charge in [0, 0.05) is 21.1 Å². The summed E-state index contributed by atoms with van der Waals surface area (Å²) < 4.78 is 11.8. The normalized spacial score (nSPS) is 10.6. The number of esters is 1. The number of carbonyl (C=O) groups excluding carboxylic acids is 2. The molecule has 1 aromatic heterocycles. The predicted octanol–water partition coefficient (Wildman–Crippen LogP) is 5.67. The van der Waals surface area contributed by atoms with E-state index in [-0.39, 0.29) is 11.7 Å². The highest BCUT2D eigenvalue weighted by Gasteiger charge is 2.15. The zero-order valence-corrected chi connectivity index (χ0v) is 16.1. The van der Waals surface area contributed by atoms with E-state index in [2.05, 4.69) is 21.2 Å². The van der Waals surface area contributed by atoms with Gasteiger partial charge in [-0.1, -0.05) is 34.1 Å². The third-order valence-corrected chi connectivity index (χ3v) is 4.53. The molecule has 0 aliphatic carbocycles. The molecule has 138 valence electrons. The second kappa shape index (κ2) is 7.70. The van der Waals surface area contributed by atoms with Crippen molar-refractivity contribution < 1.29 is 18.7 Å². The number of furan rings is 1. The molecular formula is C22H14BrNO4. The topological polar surface area (TPSA) is 68.5 Å². The van der Waals surface area contributed by atoms with Gasteiger partial charge in [0.25, 0.3) is 5.91 Å². The Morgan fingerprint density at radius 2 is 1.64 bits per heavy atom. The highest BCUT2D eigenvalue weighted by atomic mass is 79.9. The molecule has 0 spiro atoms. The largest absolute Gasteiger partial charge is 0.449 e. The van der Waals surface area contributed by atoms with Crippen molar-refractivity contribution in [3.8, 4) is 5.75 Å². The van der Waals surface area contributed by atoms with Gasteiger partial charge in [0.05, 0.1) is 0 Å². The first-order chi connectivity index (χ1) is 13.6. The van der Waals surface area contributed by atoms with Crippen molar-refractivity contribution in [3.63, 3.8) is 0 Å². The van der Waals surface area contributed by atoms with Gasteiger partial charge in [0.1, 0.15) is 11.3 Å². The summed E-state index contributed by atoms with van der Waals surface area (Å²) >= 11 is 3.38. The minimum Gasteiger partial charge on any atom is -0.449 e. The van der Waals surface area contributed by atoms with Gasteiger partial charge in [0.15, 0.2) is 0 Å². The first-order valence-corrected chi connectivity index (χ1v) is 9.25. The van der Waals surface area contributed by atoms with Crippen LogP contribution in [0.5, 0.6) is 5.75 Å². The molecule has 0 radical (unpaired) electrons. The van der Waals surface area contributed by atoms with E-state index in [9.17, 15) is 9.59 Å². The SMILES string of the molecule is O=C(Nc1ccccc1)c1ccc(OC(=O)c2cc3cc(Br)ccc3o2)cc1. The van der Waals surface area contributed by atoms with Crippen LogP contribution in [0.1, 0.15) is 20.9 Å². The van der Waals surface area contributed by atoms with Crippen LogP contribution < -0.4 is 10.1 Å². The number of ether oxygens (including phenoxy) is 1. The highest BCUT2D eigenvalue weighted by Crippen LogP contribution is 2.24. The molecule has 28 heavy (non-hydrogen) atoms. The zero-order valence-electron chi connectivity index (χ0n) is 14.5. The van der Waals surface area contributed by atoms with Crippen LogP contribution in [0, 0.1) is 0 Å². The molecular weight excluding hydrogens is 422 g/mol. The minimum absolute atomic E-state index is 0.110. The maximum Gasteiger partial charge on any atom is 0.379 e. The van der Waals surface area contributed by atoms with Crippen molar-refractivity contribution in [1.82, 2.24) is 0 Å². The lowest BCUT2D eigenvalue weighted by Gasteiger charge is -2.06. The number of hydrogen-bond donors (Lipinski definition) is 1. The van der Waals surface area contributed by atoms with Crippen LogP contribution in [0.15, 0.2) is 87.8 Å². The summed E-state index contributed by atoms with van der Waals surface area (Å²) in [5, 5.41) is 3.60. The van der Waals surface area contributed by atoms with Gasteiger partial charge < -0.3 is 14.5 Å². The second-order valence-corrected chi connectivity index (χ2v) is 6.94. The van der Waals surface area contributed by atoms with Crippen molar-refractivity contribution in [2.75, 3.05) is 5.32 Å². The van der Waals surface area contributed by atoms with Crippen LogP contribution in [-0.4, -0.2) is 11.9 Å². The molecule has 3 aromatic carbocycles. The first-order valence-electron chi connectivity index (χ1n) is 8.46. The van der Waals surface area contributed by atoms with Crippen molar-refractivity contribution in [2.45, 2.75) is 0 Å². The van der Waals surface area contributed by atoms with E-state index in [1.165, 1.54) is 0 Å². The Bertz CT molecular complexity index is 1150. The number of benzene rings is 3. The highest BCUT2D eigenvalue weighted by molar-refractivity contribution is 9.10. The molecule has 0 bridgehead atoms. The van der Waals surface area contributed by atoms with Crippen molar-refractivity contribution in [3.05, 3.63) is 94.7 Å². The fraction of sp³-hybridized carbons (Fsp3) is 0. The maximum absolute atomic E-state index is 12.3. The average Bonchev–Trinajstić information content (AvgIpc) is 3.12. The number of anilines is 1. The van der Waals surface area contributed by atoms with E-state index >= 15 is 0 Å². The standard InChI is InChI=1S/C22H14BrNO4/c23-16-8-11-19-15(12-16)13-20(28-19)22(26)27-18-9-6-14(7-10-18)21(25)24-17-4-2-1-3-5-17/h1-13H,(H,24,25). The molecule has 4 aromatic rings. The average molecular weight is 436 g/mol. The smallest absolute Gasteiger partial charge is 0.379 e. The van der Waals surface area contributed by atoms with E-state index < -0.39 is 5.97 Å². The fourth-order valence-electron chi connectivity index (χ4n) is 2.67. The Balaban J connectivity index is 1.44. The van der Waals surface area contributed by atoms with Crippen molar-refractivity contribution in [2.24, 2.45) is 0 Å². The van der Waals surface area contributed by atoms with Crippen LogP contribution in [0.2, 0.25) is 0 Å². The number of para-hydroxylation sites is 1. The molecule has 5 nitrogen and oxygen atoms in total. The van der Waals surface area contributed by atoms with E-state index in [0.717, 1.165) is 9.86 Å². The van der Waals surface area contributed by atoms with Gasteiger partial charge in [-0.2, -0.15) is 0 Å². The van der Waals surface area contributed by atoms with Gasteiger partial charge >= 0.3 is 5.97 Å². The van der Waals surface area contributed by atoms with E-state index in [4.69, 9.17) is 9.15 Å². The molecule has 0 aliphatic heterocycles. The quantitative estimate of drug-likeness (QED) is 0.331. The molecule has 1 N–H and O–H groups in total.